The van der Waals surface area contributed by atoms with E-state index in [4.69, 9.17) is 5.73 Å². The van der Waals surface area contributed by atoms with Crippen LogP contribution in [0.2, 0.25) is 0 Å². The van der Waals surface area contributed by atoms with E-state index >= 15 is 0 Å². The highest BCUT2D eigenvalue weighted by atomic mass is 16.2. The monoisotopic (exact) mass is 318 g/mol. The molecule has 2 unspecified atom stereocenters. The van der Waals surface area contributed by atoms with E-state index in [2.05, 4.69) is 19.2 Å². The van der Waals surface area contributed by atoms with Gasteiger partial charge in [-0.25, -0.2) is 0 Å². The van der Waals surface area contributed by atoms with Crippen molar-refractivity contribution >= 4 is 5.91 Å². The van der Waals surface area contributed by atoms with Crippen LogP contribution in [0.3, 0.4) is 0 Å². The zero-order valence-corrected chi connectivity index (χ0v) is 15.0. The first-order chi connectivity index (χ1) is 10.8. The number of carbonyl (C=O) groups excluding carboxylic acids is 1. The molecule has 0 spiro atoms. The van der Waals surface area contributed by atoms with Crippen LogP contribution < -0.4 is 11.1 Å². The van der Waals surface area contributed by atoms with Gasteiger partial charge in [-0.2, -0.15) is 0 Å². The molecule has 0 aromatic carbocycles. The Hall–Kier alpha value is -0.570. The van der Waals surface area contributed by atoms with Crippen molar-refractivity contribution in [2.75, 3.05) is 6.54 Å². The Kier molecular flexibility index (Phi) is 3.44. The lowest BCUT2D eigenvalue weighted by atomic mass is 9.42. The molecule has 23 heavy (non-hydrogen) atoms. The van der Waals surface area contributed by atoms with E-state index in [1.807, 2.05) is 0 Å². The molecule has 0 radical (unpaired) electrons. The first kappa shape index (κ1) is 15.9. The van der Waals surface area contributed by atoms with E-state index in [9.17, 15) is 4.79 Å². The maximum Gasteiger partial charge on any atom is 0.227 e. The molecule has 3 nitrogen and oxygen atoms in total. The third-order valence-corrected chi connectivity index (χ3v) is 7.69. The molecule has 3 N–H and O–H groups in total. The largest absolute Gasteiger partial charge is 0.350 e. The van der Waals surface area contributed by atoms with Crippen molar-refractivity contribution in [2.45, 2.75) is 90.0 Å². The lowest BCUT2D eigenvalue weighted by molar-refractivity contribution is -0.148. The minimum absolute atomic E-state index is 0.0691. The third kappa shape index (κ3) is 2.54. The predicted molar refractivity (Wildman–Crippen MR) is 92.9 cm³/mol. The second-order valence-electron chi connectivity index (χ2n) is 10.4. The summed E-state index contributed by atoms with van der Waals surface area (Å²) in [6, 6.07) is 0. The van der Waals surface area contributed by atoms with Crippen molar-refractivity contribution in [2.24, 2.45) is 27.9 Å². The van der Waals surface area contributed by atoms with Crippen LogP contribution in [0.4, 0.5) is 0 Å². The average molecular weight is 319 g/mol. The number of hydrogen-bond donors (Lipinski definition) is 2. The molecule has 0 aromatic heterocycles. The molecule has 4 bridgehead atoms. The Balaban J connectivity index is 1.57. The second-order valence-corrected chi connectivity index (χ2v) is 10.4. The first-order valence-electron chi connectivity index (χ1n) is 9.83. The smallest absolute Gasteiger partial charge is 0.227 e. The highest BCUT2D eigenvalue weighted by Crippen LogP contribution is 2.66. The van der Waals surface area contributed by atoms with E-state index < -0.39 is 0 Å². The van der Waals surface area contributed by atoms with Crippen molar-refractivity contribution in [3.63, 3.8) is 0 Å². The first-order valence-corrected chi connectivity index (χ1v) is 9.83. The van der Waals surface area contributed by atoms with Gasteiger partial charge >= 0.3 is 0 Å². The Morgan fingerprint density at radius 1 is 1.00 bits per heavy atom. The quantitative estimate of drug-likeness (QED) is 0.832. The molecule has 5 aliphatic rings. The third-order valence-electron chi connectivity index (χ3n) is 7.69. The molecule has 5 rings (SSSR count). The van der Waals surface area contributed by atoms with Crippen LogP contribution in [-0.4, -0.2) is 18.0 Å². The lowest BCUT2D eigenvalue weighted by Gasteiger charge is -2.65. The van der Waals surface area contributed by atoms with Crippen LogP contribution in [0.5, 0.6) is 0 Å². The topological polar surface area (TPSA) is 55.1 Å². The molecule has 0 saturated heterocycles. The van der Waals surface area contributed by atoms with Gasteiger partial charge in [-0.1, -0.05) is 33.1 Å². The zero-order valence-electron chi connectivity index (χ0n) is 15.0. The number of nitrogens with two attached hydrogens (primary N) is 1. The van der Waals surface area contributed by atoms with Crippen molar-refractivity contribution in [1.29, 1.82) is 0 Å². The summed E-state index contributed by atoms with van der Waals surface area (Å²) < 4.78 is 0. The van der Waals surface area contributed by atoms with Gasteiger partial charge in [0.2, 0.25) is 5.91 Å². The van der Waals surface area contributed by atoms with Crippen LogP contribution in [0.25, 0.3) is 0 Å². The predicted octanol–water partition coefficient (Wildman–Crippen LogP) is 3.76. The zero-order chi connectivity index (χ0) is 16.3. The normalized spacial score (nSPS) is 47.5. The SMILES string of the molecule is C[C@]12CC3CC(NC(=O)C4(CN)CCCCC4)(C1)C[C@@](C)(C3)C2. The molecule has 5 saturated carbocycles. The van der Waals surface area contributed by atoms with Crippen molar-refractivity contribution in [3.05, 3.63) is 0 Å². The van der Waals surface area contributed by atoms with Gasteiger partial charge in [0.15, 0.2) is 0 Å². The summed E-state index contributed by atoms with van der Waals surface area (Å²) in [6.45, 7) is 5.46. The van der Waals surface area contributed by atoms with Crippen molar-refractivity contribution in [3.8, 4) is 0 Å². The Morgan fingerprint density at radius 3 is 2.13 bits per heavy atom. The van der Waals surface area contributed by atoms with Crippen LogP contribution in [0, 0.1) is 22.2 Å². The summed E-state index contributed by atoms with van der Waals surface area (Å²) in [5, 5.41) is 3.62. The number of amides is 1. The minimum Gasteiger partial charge on any atom is -0.350 e. The van der Waals surface area contributed by atoms with Gasteiger partial charge in [0.25, 0.3) is 0 Å². The van der Waals surface area contributed by atoms with Gasteiger partial charge in [-0.05, 0) is 68.1 Å². The van der Waals surface area contributed by atoms with Gasteiger partial charge < -0.3 is 11.1 Å². The van der Waals surface area contributed by atoms with E-state index in [-0.39, 0.29) is 16.9 Å². The molecule has 3 heteroatoms. The second kappa shape index (κ2) is 4.97. The summed E-state index contributed by atoms with van der Waals surface area (Å²) in [7, 11) is 0. The number of hydrogen-bond acceptors (Lipinski definition) is 2. The van der Waals surface area contributed by atoms with E-state index in [0.717, 1.165) is 31.6 Å². The molecule has 0 aromatic rings. The lowest BCUT2D eigenvalue weighted by Crippen LogP contribution is -2.67. The summed E-state index contributed by atoms with van der Waals surface area (Å²) in [5.41, 5.74) is 6.79. The highest BCUT2D eigenvalue weighted by molar-refractivity contribution is 5.83. The summed E-state index contributed by atoms with van der Waals surface area (Å²) in [4.78, 5) is 13.3. The van der Waals surface area contributed by atoms with Gasteiger partial charge in [-0.3, -0.25) is 4.79 Å². The van der Waals surface area contributed by atoms with Crippen LogP contribution in [-0.2, 0) is 4.79 Å². The minimum atomic E-state index is -0.274. The fourth-order valence-corrected chi connectivity index (χ4v) is 7.71. The fourth-order valence-electron chi connectivity index (χ4n) is 7.71. The molecule has 4 atom stereocenters. The van der Waals surface area contributed by atoms with Crippen molar-refractivity contribution < 1.29 is 4.79 Å². The van der Waals surface area contributed by atoms with E-state index in [0.29, 0.717) is 17.4 Å². The van der Waals surface area contributed by atoms with Gasteiger partial charge in [0.1, 0.15) is 0 Å². The molecule has 1 amide bonds. The molecular weight excluding hydrogens is 284 g/mol. The van der Waals surface area contributed by atoms with Crippen LogP contribution >= 0.6 is 0 Å². The standard InChI is InChI=1S/C20H34N2O/c1-17-8-15-9-18(2,11-17)13-20(10-15,12-17)22-16(23)19(14-21)6-4-3-5-7-19/h15H,3-14,21H2,1-2H3,(H,22,23)/t15?,17-,18+,20?. The van der Waals surface area contributed by atoms with Gasteiger partial charge in [0.05, 0.1) is 5.41 Å². The molecule has 0 aliphatic heterocycles. The molecule has 5 aliphatic carbocycles. The number of carbonyl (C=O) groups is 1. The highest BCUT2D eigenvalue weighted by Gasteiger charge is 2.61. The summed E-state index contributed by atoms with van der Waals surface area (Å²) in [5.74, 6) is 1.11. The Bertz CT molecular complexity index is 490. The molecule has 0 heterocycles. The van der Waals surface area contributed by atoms with Gasteiger partial charge in [-0.15, -0.1) is 0 Å². The molecular formula is C20H34N2O. The maximum atomic E-state index is 13.3. The Morgan fingerprint density at radius 2 is 1.61 bits per heavy atom. The molecule has 130 valence electrons. The summed E-state index contributed by atoms with van der Waals surface area (Å²) in [6.07, 6.45) is 13.3. The van der Waals surface area contributed by atoms with Crippen LogP contribution in [0.15, 0.2) is 0 Å². The van der Waals surface area contributed by atoms with E-state index in [1.165, 1.54) is 44.9 Å². The average Bonchev–Trinajstić information content (AvgIpc) is 2.43. The van der Waals surface area contributed by atoms with Gasteiger partial charge in [0, 0.05) is 12.1 Å². The Labute approximate surface area is 141 Å². The van der Waals surface area contributed by atoms with Crippen molar-refractivity contribution in [1.82, 2.24) is 5.32 Å². The van der Waals surface area contributed by atoms with E-state index in [1.54, 1.807) is 0 Å². The van der Waals surface area contributed by atoms with Crippen LogP contribution in [0.1, 0.15) is 84.5 Å². The molecule has 5 fully saturated rings. The summed E-state index contributed by atoms with van der Waals surface area (Å²) >= 11 is 0. The maximum absolute atomic E-state index is 13.3. The number of rotatable bonds is 3. The number of nitrogens with one attached hydrogen (secondary N) is 1. The fraction of sp³-hybridized carbons (Fsp3) is 0.950.